The molecular weight excluding hydrogens is 446 g/mol. The molecule has 1 unspecified atom stereocenters. The fourth-order valence-electron chi connectivity index (χ4n) is 4.47. The van der Waals surface area contributed by atoms with Gasteiger partial charge in [0.05, 0.1) is 24.4 Å². The summed E-state index contributed by atoms with van der Waals surface area (Å²) in [7, 11) is 1.40. The molecule has 7 heteroatoms. The van der Waals surface area contributed by atoms with Crippen LogP contribution in [0.15, 0.2) is 83.0 Å². The molecule has 0 saturated carbocycles. The summed E-state index contributed by atoms with van der Waals surface area (Å²) in [6.45, 7) is 2.68. The smallest absolute Gasteiger partial charge is 0.338 e. The van der Waals surface area contributed by atoms with Crippen molar-refractivity contribution in [1.29, 1.82) is 0 Å². The fourth-order valence-corrected chi connectivity index (χ4v) is 5.49. The van der Waals surface area contributed by atoms with E-state index >= 15 is 0 Å². The van der Waals surface area contributed by atoms with Gasteiger partial charge < -0.3 is 15.0 Å². The lowest BCUT2D eigenvalue weighted by Crippen LogP contribution is -2.42. The van der Waals surface area contributed by atoms with E-state index in [-0.39, 0.29) is 17.9 Å². The molecule has 0 aliphatic carbocycles. The van der Waals surface area contributed by atoms with Crippen LogP contribution in [-0.4, -0.2) is 41.4 Å². The van der Waals surface area contributed by atoms with E-state index in [0.717, 1.165) is 40.2 Å². The van der Waals surface area contributed by atoms with E-state index in [1.54, 1.807) is 11.8 Å². The molecule has 1 N–H and O–H groups in total. The van der Waals surface area contributed by atoms with E-state index in [4.69, 9.17) is 4.74 Å². The molecule has 1 saturated heterocycles. The number of carbonyl (C=O) groups excluding carboxylic acids is 2. The normalized spacial score (nSPS) is 17.8. The topological polar surface area (TPSA) is 71.0 Å². The molecule has 5 rings (SSSR count). The fraction of sp³-hybridized carbons (Fsp3) is 0.222. The van der Waals surface area contributed by atoms with Crippen LogP contribution in [0.5, 0.6) is 0 Å². The van der Waals surface area contributed by atoms with Crippen LogP contribution in [0.2, 0.25) is 0 Å². The van der Waals surface area contributed by atoms with Crippen molar-refractivity contribution < 1.29 is 14.3 Å². The Morgan fingerprint density at radius 1 is 1.06 bits per heavy atom. The molecule has 1 amide bonds. The molecule has 1 atom stereocenters. The van der Waals surface area contributed by atoms with Crippen molar-refractivity contribution in [2.45, 2.75) is 19.4 Å². The Hall–Kier alpha value is -3.58. The Labute approximate surface area is 202 Å². The molecule has 34 heavy (non-hydrogen) atoms. The average Bonchev–Trinajstić information content (AvgIpc) is 2.87. The molecule has 2 heterocycles. The van der Waals surface area contributed by atoms with E-state index in [1.165, 1.54) is 7.11 Å². The molecule has 2 aliphatic rings. The molecular formula is C27H25N3O3S. The number of esters is 1. The lowest BCUT2D eigenvalue weighted by Gasteiger charge is -2.40. The third kappa shape index (κ3) is 4.19. The number of nitrogens with zero attached hydrogens (tertiary/aromatic N) is 2. The van der Waals surface area contributed by atoms with Gasteiger partial charge in [-0.2, -0.15) is 0 Å². The van der Waals surface area contributed by atoms with Crippen LogP contribution in [0.25, 0.3) is 10.8 Å². The second-order valence-corrected chi connectivity index (χ2v) is 9.38. The second-order valence-electron chi connectivity index (χ2n) is 8.32. The minimum absolute atomic E-state index is 0.163. The highest BCUT2D eigenvalue weighted by Crippen LogP contribution is 2.40. The van der Waals surface area contributed by atoms with Gasteiger partial charge in [-0.15, -0.1) is 0 Å². The average molecular weight is 472 g/mol. The summed E-state index contributed by atoms with van der Waals surface area (Å²) < 4.78 is 5.09. The molecule has 6 nitrogen and oxygen atoms in total. The van der Waals surface area contributed by atoms with E-state index in [0.29, 0.717) is 22.5 Å². The number of carbonyl (C=O) groups is 2. The molecule has 0 bridgehead atoms. The Balaban J connectivity index is 1.40. The number of aliphatic imine (C=N–C) groups is 1. The number of anilines is 1. The summed E-state index contributed by atoms with van der Waals surface area (Å²) in [5.41, 5.74) is 3.50. The van der Waals surface area contributed by atoms with Crippen LogP contribution in [0.1, 0.15) is 35.3 Å². The molecule has 172 valence electrons. The van der Waals surface area contributed by atoms with E-state index in [2.05, 4.69) is 15.2 Å². The Morgan fingerprint density at radius 3 is 2.59 bits per heavy atom. The molecule has 3 aromatic carbocycles. The number of hydrogen-bond donors (Lipinski definition) is 1. The SMILES string of the molecule is COC(=O)C1=C(C)N=C2SCCCN2C1c1ccc(NC(=O)c2ccc3ccccc3c2)cc1. The summed E-state index contributed by atoms with van der Waals surface area (Å²) in [6.07, 6.45) is 1.02. The Morgan fingerprint density at radius 2 is 1.82 bits per heavy atom. The summed E-state index contributed by atoms with van der Waals surface area (Å²) in [5.74, 6) is 0.487. The van der Waals surface area contributed by atoms with Crippen molar-refractivity contribution >= 4 is 45.3 Å². The summed E-state index contributed by atoms with van der Waals surface area (Å²) in [5, 5.41) is 6.04. The molecule has 3 aromatic rings. The zero-order chi connectivity index (χ0) is 23.7. The minimum atomic E-state index is -0.366. The first kappa shape index (κ1) is 22.2. The van der Waals surface area contributed by atoms with Crippen molar-refractivity contribution in [3.63, 3.8) is 0 Å². The van der Waals surface area contributed by atoms with Gasteiger partial charge in [0.2, 0.25) is 0 Å². The number of nitrogens with one attached hydrogen (secondary N) is 1. The maximum atomic E-state index is 12.8. The minimum Gasteiger partial charge on any atom is -0.466 e. The van der Waals surface area contributed by atoms with E-state index < -0.39 is 0 Å². The van der Waals surface area contributed by atoms with Gasteiger partial charge in [-0.25, -0.2) is 9.79 Å². The van der Waals surface area contributed by atoms with E-state index in [1.807, 2.05) is 73.7 Å². The second kappa shape index (κ2) is 9.35. The van der Waals surface area contributed by atoms with Gasteiger partial charge in [-0.1, -0.05) is 54.2 Å². The van der Waals surface area contributed by atoms with Gasteiger partial charge in [-0.3, -0.25) is 4.79 Å². The van der Waals surface area contributed by atoms with Crippen LogP contribution in [0.3, 0.4) is 0 Å². The number of ether oxygens (including phenoxy) is 1. The van der Waals surface area contributed by atoms with Gasteiger partial charge in [0.1, 0.15) is 0 Å². The number of amides is 1. The van der Waals surface area contributed by atoms with Gasteiger partial charge in [-0.05, 0) is 53.9 Å². The van der Waals surface area contributed by atoms with Gasteiger partial charge in [0.15, 0.2) is 5.17 Å². The van der Waals surface area contributed by atoms with Crippen LogP contribution in [0.4, 0.5) is 5.69 Å². The standard InChI is InChI=1S/C27H25N3O3S/c1-17-23(26(32)33-2)24(30-14-5-15-34-27(30)28-17)19-10-12-22(13-11-19)29-25(31)21-9-8-18-6-3-4-7-20(18)16-21/h3-4,6-13,16,24H,5,14-15H2,1-2H3,(H,29,31). The zero-order valence-electron chi connectivity index (χ0n) is 19.1. The van der Waals surface area contributed by atoms with Crippen molar-refractivity contribution in [3.05, 3.63) is 89.1 Å². The van der Waals surface area contributed by atoms with Gasteiger partial charge in [0.25, 0.3) is 5.91 Å². The predicted molar refractivity (Wildman–Crippen MR) is 137 cm³/mol. The van der Waals surface area contributed by atoms with Crippen LogP contribution >= 0.6 is 11.8 Å². The monoisotopic (exact) mass is 471 g/mol. The van der Waals surface area contributed by atoms with E-state index in [9.17, 15) is 9.59 Å². The first-order chi connectivity index (χ1) is 16.5. The van der Waals surface area contributed by atoms with Crippen LogP contribution < -0.4 is 5.32 Å². The maximum Gasteiger partial charge on any atom is 0.338 e. The predicted octanol–water partition coefficient (Wildman–Crippen LogP) is 5.39. The molecule has 0 spiro atoms. The molecule has 1 fully saturated rings. The first-order valence-electron chi connectivity index (χ1n) is 11.2. The summed E-state index contributed by atoms with van der Waals surface area (Å²) in [6, 6.07) is 21.0. The highest BCUT2D eigenvalue weighted by atomic mass is 32.2. The highest BCUT2D eigenvalue weighted by Gasteiger charge is 2.37. The number of hydrogen-bond acceptors (Lipinski definition) is 6. The number of allylic oxidation sites excluding steroid dienone is 1. The number of benzene rings is 3. The molecule has 0 aromatic heterocycles. The maximum absolute atomic E-state index is 12.8. The van der Waals surface area contributed by atoms with Crippen molar-refractivity contribution in [2.24, 2.45) is 4.99 Å². The third-order valence-electron chi connectivity index (χ3n) is 6.16. The number of thioether (sulfide) groups is 1. The lowest BCUT2D eigenvalue weighted by molar-refractivity contribution is -0.136. The zero-order valence-corrected chi connectivity index (χ0v) is 19.9. The van der Waals surface area contributed by atoms with Crippen LogP contribution in [-0.2, 0) is 9.53 Å². The highest BCUT2D eigenvalue weighted by molar-refractivity contribution is 8.13. The van der Waals surface area contributed by atoms with Gasteiger partial charge in [0, 0.05) is 23.5 Å². The number of fused-ring (bicyclic) bond motifs is 2. The number of amidine groups is 1. The lowest BCUT2D eigenvalue weighted by atomic mass is 9.94. The summed E-state index contributed by atoms with van der Waals surface area (Å²) in [4.78, 5) is 32.4. The van der Waals surface area contributed by atoms with Crippen molar-refractivity contribution in [3.8, 4) is 0 Å². The van der Waals surface area contributed by atoms with Crippen LogP contribution in [0, 0.1) is 0 Å². The quantitative estimate of drug-likeness (QED) is 0.517. The largest absolute Gasteiger partial charge is 0.466 e. The van der Waals surface area contributed by atoms with Crippen molar-refractivity contribution in [1.82, 2.24) is 4.90 Å². The molecule has 0 radical (unpaired) electrons. The molecule has 2 aliphatic heterocycles. The Bertz CT molecular complexity index is 1330. The number of methoxy groups -OCH3 is 1. The number of rotatable bonds is 4. The first-order valence-corrected chi connectivity index (χ1v) is 12.2. The van der Waals surface area contributed by atoms with Crippen molar-refractivity contribution in [2.75, 3.05) is 24.7 Å². The van der Waals surface area contributed by atoms with Gasteiger partial charge >= 0.3 is 5.97 Å². The summed E-state index contributed by atoms with van der Waals surface area (Å²) >= 11 is 1.71. The Kier molecular flexibility index (Phi) is 6.11. The third-order valence-corrected chi connectivity index (χ3v) is 7.24.